The lowest BCUT2D eigenvalue weighted by atomic mass is 9.88. The van der Waals surface area contributed by atoms with E-state index in [9.17, 15) is 9.59 Å². The third kappa shape index (κ3) is 3.17. The van der Waals surface area contributed by atoms with Crippen LogP contribution in [-0.4, -0.2) is 49.1 Å². The number of nitrogens with one attached hydrogen (secondary N) is 2. The molecule has 0 radical (unpaired) electrons. The lowest BCUT2D eigenvalue weighted by Crippen LogP contribution is -2.53. The number of carbonyl (C=O) groups is 2. The van der Waals surface area contributed by atoms with Crippen LogP contribution in [0.15, 0.2) is 24.3 Å². The normalized spacial score (nSPS) is 20.0. The fourth-order valence-corrected chi connectivity index (χ4v) is 3.31. The van der Waals surface area contributed by atoms with Gasteiger partial charge >= 0.3 is 6.03 Å². The van der Waals surface area contributed by atoms with E-state index in [1.807, 2.05) is 24.3 Å². The number of hydrogen-bond donors (Lipinski definition) is 2. The molecule has 2 N–H and O–H groups in total. The van der Waals surface area contributed by atoms with Gasteiger partial charge in [-0.3, -0.25) is 9.69 Å². The van der Waals surface area contributed by atoms with Gasteiger partial charge in [-0.15, -0.1) is 0 Å². The summed E-state index contributed by atoms with van der Waals surface area (Å²) in [5, 5.41) is 6.14. The number of ether oxygens (including phenoxy) is 1. The van der Waals surface area contributed by atoms with E-state index in [1.54, 1.807) is 7.11 Å². The summed E-state index contributed by atoms with van der Waals surface area (Å²) in [6.07, 6.45) is 2.94. The van der Waals surface area contributed by atoms with E-state index in [4.69, 9.17) is 4.74 Å². The van der Waals surface area contributed by atoms with E-state index in [-0.39, 0.29) is 11.9 Å². The van der Waals surface area contributed by atoms with Crippen LogP contribution < -0.4 is 15.4 Å². The van der Waals surface area contributed by atoms with E-state index in [2.05, 4.69) is 10.6 Å². The second kappa shape index (κ2) is 6.58. The van der Waals surface area contributed by atoms with Crippen LogP contribution >= 0.6 is 0 Å². The van der Waals surface area contributed by atoms with Crippen molar-refractivity contribution in [3.63, 3.8) is 0 Å². The van der Waals surface area contributed by atoms with Crippen molar-refractivity contribution in [2.24, 2.45) is 0 Å². The minimum atomic E-state index is -0.664. The maximum atomic E-state index is 12.6. The van der Waals surface area contributed by atoms with Gasteiger partial charge in [0.15, 0.2) is 0 Å². The molecule has 23 heavy (non-hydrogen) atoms. The molecule has 2 heterocycles. The van der Waals surface area contributed by atoms with E-state index >= 15 is 0 Å². The summed E-state index contributed by atoms with van der Waals surface area (Å²) in [6.45, 7) is 2.00. The molecule has 2 saturated heterocycles. The first-order valence-electron chi connectivity index (χ1n) is 8.12. The Balaban J connectivity index is 1.55. The third-order valence-electron chi connectivity index (χ3n) is 4.71. The molecule has 0 aliphatic carbocycles. The Labute approximate surface area is 136 Å². The van der Waals surface area contributed by atoms with Crippen LogP contribution in [0.2, 0.25) is 0 Å². The van der Waals surface area contributed by atoms with E-state index < -0.39 is 5.54 Å². The highest BCUT2D eigenvalue weighted by atomic mass is 16.5. The Bertz CT molecular complexity index is 579. The number of rotatable bonds is 5. The van der Waals surface area contributed by atoms with Gasteiger partial charge < -0.3 is 15.4 Å². The molecule has 3 rings (SSSR count). The van der Waals surface area contributed by atoms with Gasteiger partial charge in [-0.25, -0.2) is 4.79 Å². The topological polar surface area (TPSA) is 70.7 Å². The van der Waals surface area contributed by atoms with Crippen molar-refractivity contribution in [2.75, 3.05) is 26.7 Å². The standard InChI is InChI=1S/C17H23N3O3/c1-23-14-6-4-13(5-7-14)3-2-12-20-15(21)17(19-16(20)22)8-10-18-11-9-17/h4-7,18H,2-3,8-12H2,1H3,(H,19,22). The highest BCUT2D eigenvalue weighted by molar-refractivity contribution is 6.07. The maximum Gasteiger partial charge on any atom is 0.325 e. The Kier molecular flexibility index (Phi) is 4.52. The lowest BCUT2D eigenvalue weighted by molar-refractivity contribution is -0.132. The van der Waals surface area contributed by atoms with Crippen molar-refractivity contribution < 1.29 is 14.3 Å². The number of urea groups is 1. The highest BCUT2D eigenvalue weighted by Gasteiger charge is 2.50. The second-order valence-electron chi connectivity index (χ2n) is 6.17. The molecular weight excluding hydrogens is 294 g/mol. The molecule has 2 fully saturated rings. The largest absolute Gasteiger partial charge is 0.497 e. The van der Waals surface area contributed by atoms with Gasteiger partial charge in [0.25, 0.3) is 5.91 Å². The molecule has 2 aliphatic rings. The fourth-order valence-electron chi connectivity index (χ4n) is 3.31. The van der Waals surface area contributed by atoms with E-state index in [1.165, 1.54) is 10.5 Å². The lowest BCUT2D eigenvalue weighted by Gasteiger charge is -2.31. The van der Waals surface area contributed by atoms with Gasteiger partial charge in [-0.1, -0.05) is 12.1 Å². The maximum absolute atomic E-state index is 12.6. The molecule has 0 saturated carbocycles. The molecule has 0 aromatic heterocycles. The molecule has 1 spiro atoms. The Morgan fingerprint density at radius 2 is 1.87 bits per heavy atom. The number of methoxy groups -OCH3 is 1. The SMILES string of the molecule is COc1ccc(CCCN2C(=O)NC3(CCNCC3)C2=O)cc1. The minimum absolute atomic E-state index is 0.0567. The molecule has 124 valence electrons. The number of benzene rings is 1. The van der Waals surface area contributed by atoms with Gasteiger partial charge in [-0.05, 0) is 56.5 Å². The van der Waals surface area contributed by atoms with Crippen molar-refractivity contribution in [3.05, 3.63) is 29.8 Å². The predicted molar refractivity (Wildman–Crippen MR) is 86.4 cm³/mol. The predicted octanol–water partition coefficient (Wildman–Crippen LogP) is 1.30. The van der Waals surface area contributed by atoms with Crippen LogP contribution in [-0.2, 0) is 11.2 Å². The first-order chi connectivity index (χ1) is 11.1. The smallest absolute Gasteiger partial charge is 0.325 e. The summed E-state index contributed by atoms with van der Waals surface area (Å²) >= 11 is 0. The van der Waals surface area contributed by atoms with Gasteiger partial charge in [0, 0.05) is 6.54 Å². The average molecular weight is 317 g/mol. The number of nitrogens with zero attached hydrogens (tertiary/aromatic N) is 1. The average Bonchev–Trinajstić information content (AvgIpc) is 2.80. The van der Waals surface area contributed by atoms with Crippen LogP contribution in [0.3, 0.4) is 0 Å². The molecule has 0 bridgehead atoms. The first-order valence-corrected chi connectivity index (χ1v) is 8.12. The summed E-state index contributed by atoms with van der Waals surface area (Å²) in [4.78, 5) is 26.1. The molecule has 3 amide bonds. The minimum Gasteiger partial charge on any atom is -0.497 e. The molecular formula is C17H23N3O3. The number of amides is 3. The number of piperidine rings is 1. The zero-order valence-electron chi connectivity index (χ0n) is 13.4. The number of aryl methyl sites for hydroxylation is 1. The first kappa shape index (κ1) is 15.8. The Morgan fingerprint density at radius 3 is 2.52 bits per heavy atom. The number of hydrogen-bond acceptors (Lipinski definition) is 4. The second-order valence-corrected chi connectivity index (χ2v) is 6.17. The molecule has 2 aliphatic heterocycles. The summed E-state index contributed by atoms with van der Waals surface area (Å²) in [6, 6.07) is 7.63. The quantitative estimate of drug-likeness (QED) is 0.803. The van der Waals surface area contributed by atoms with Crippen LogP contribution in [0.1, 0.15) is 24.8 Å². The molecule has 1 aromatic rings. The van der Waals surface area contributed by atoms with Crippen molar-refractivity contribution in [1.82, 2.24) is 15.5 Å². The third-order valence-corrected chi connectivity index (χ3v) is 4.71. The Hall–Kier alpha value is -2.08. The van der Waals surface area contributed by atoms with Crippen LogP contribution in [0.5, 0.6) is 5.75 Å². The van der Waals surface area contributed by atoms with Crippen LogP contribution in [0.25, 0.3) is 0 Å². The van der Waals surface area contributed by atoms with Gasteiger partial charge in [-0.2, -0.15) is 0 Å². The molecule has 0 unspecified atom stereocenters. The van der Waals surface area contributed by atoms with Crippen molar-refractivity contribution in [3.8, 4) is 5.75 Å². The monoisotopic (exact) mass is 317 g/mol. The zero-order chi connectivity index (χ0) is 16.3. The number of imide groups is 1. The molecule has 6 heteroatoms. The van der Waals surface area contributed by atoms with Crippen LogP contribution in [0.4, 0.5) is 4.79 Å². The van der Waals surface area contributed by atoms with E-state index in [0.29, 0.717) is 19.4 Å². The van der Waals surface area contributed by atoms with Crippen molar-refractivity contribution >= 4 is 11.9 Å². The summed E-state index contributed by atoms with van der Waals surface area (Å²) < 4.78 is 5.14. The van der Waals surface area contributed by atoms with Crippen molar-refractivity contribution in [1.29, 1.82) is 0 Å². The summed E-state index contributed by atoms with van der Waals surface area (Å²) in [7, 11) is 1.64. The fraction of sp³-hybridized carbons (Fsp3) is 0.529. The van der Waals surface area contributed by atoms with Crippen molar-refractivity contribution in [2.45, 2.75) is 31.2 Å². The number of carbonyl (C=O) groups excluding carboxylic acids is 2. The zero-order valence-corrected chi connectivity index (χ0v) is 13.4. The highest BCUT2D eigenvalue weighted by Crippen LogP contribution is 2.27. The van der Waals surface area contributed by atoms with Gasteiger partial charge in [0.2, 0.25) is 0 Å². The van der Waals surface area contributed by atoms with Crippen LogP contribution in [0, 0.1) is 0 Å². The summed E-state index contributed by atoms with van der Waals surface area (Å²) in [5.74, 6) is 0.773. The van der Waals surface area contributed by atoms with E-state index in [0.717, 1.165) is 31.7 Å². The molecule has 6 nitrogen and oxygen atoms in total. The Morgan fingerprint density at radius 1 is 1.17 bits per heavy atom. The molecule has 0 atom stereocenters. The van der Waals surface area contributed by atoms with Gasteiger partial charge in [0.05, 0.1) is 7.11 Å². The van der Waals surface area contributed by atoms with Gasteiger partial charge in [0.1, 0.15) is 11.3 Å². The molecule has 1 aromatic carbocycles. The summed E-state index contributed by atoms with van der Waals surface area (Å²) in [5.41, 5.74) is 0.511.